The van der Waals surface area contributed by atoms with Crippen LogP contribution in [0.1, 0.15) is 25.7 Å². The van der Waals surface area contributed by atoms with Crippen LogP contribution in [0.4, 0.5) is 0 Å². The molecule has 0 saturated heterocycles. The maximum Gasteiger partial charge on any atom is 0.261 e. The second kappa shape index (κ2) is 7.44. The van der Waals surface area contributed by atoms with Crippen LogP contribution >= 0.6 is 15.9 Å². The highest BCUT2D eigenvalue weighted by Gasteiger charge is 2.25. The first-order valence-corrected chi connectivity index (χ1v) is 9.02. The number of halogens is 1. The summed E-state index contributed by atoms with van der Waals surface area (Å²) >= 11 is 3.36. The number of rotatable bonds is 4. The van der Waals surface area contributed by atoms with Crippen molar-refractivity contribution >= 4 is 32.7 Å². The smallest absolute Gasteiger partial charge is 0.261 e. The summed E-state index contributed by atoms with van der Waals surface area (Å²) in [6.07, 6.45) is 5.70. The van der Waals surface area contributed by atoms with Gasteiger partial charge in [-0.2, -0.15) is 0 Å². The molecule has 128 valence electrons. The van der Waals surface area contributed by atoms with E-state index in [0.29, 0.717) is 23.4 Å². The van der Waals surface area contributed by atoms with Crippen LogP contribution in [-0.2, 0) is 11.3 Å². The molecule has 0 spiro atoms. The first-order valence-electron chi connectivity index (χ1n) is 8.22. The molecule has 1 aromatic heterocycles. The van der Waals surface area contributed by atoms with Crippen LogP contribution in [0.5, 0.6) is 0 Å². The molecule has 6 nitrogen and oxygen atoms in total. The summed E-state index contributed by atoms with van der Waals surface area (Å²) in [5, 5.41) is 3.54. The Morgan fingerprint density at radius 2 is 2.17 bits per heavy atom. The molecule has 2 aromatic rings. The summed E-state index contributed by atoms with van der Waals surface area (Å²) in [5.74, 6) is 0.156. The van der Waals surface area contributed by atoms with Gasteiger partial charge in [0.1, 0.15) is 6.54 Å². The third-order valence-electron chi connectivity index (χ3n) is 4.66. The van der Waals surface area contributed by atoms with Gasteiger partial charge in [0.05, 0.1) is 17.2 Å². The standard InChI is InChI=1S/C17H21BrN4O2/c18-12-5-6-15-13(7-12)17(24)22(10-20-15)9-16(23)21-14-4-2-1-3-11(14)8-19/h5-7,10-11,14H,1-4,8-9,19H2,(H,21,23). The van der Waals surface area contributed by atoms with E-state index in [9.17, 15) is 9.59 Å². The van der Waals surface area contributed by atoms with Gasteiger partial charge in [0.25, 0.3) is 5.56 Å². The van der Waals surface area contributed by atoms with Gasteiger partial charge in [-0.15, -0.1) is 0 Å². The van der Waals surface area contributed by atoms with E-state index < -0.39 is 0 Å². The number of benzene rings is 1. The molecule has 3 N–H and O–H groups in total. The number of aromatic nitrogens is 2. The Kier molecular flexibility index (Phi) is 5.30. The van der Waals surface area contributed by atoms with Gasteiger partial charge in [0.2, 0.25) is 5.91 Å². The van der Waals surface area contributed by atoms with Crippen molar-refractivity contribution in [3.8, 4) is 0 Å². The molecule has 0 radical (unpaired) electrons. The zero-order chi connectivity index (χ0) is 17.1. The topological polar surface area (TPSA) is 90.0 Å². The minimum atomic E-state index is -0.213. The quantitative estimate of drug-likeness (QED) is 0.829. The minimum Gasteiger partial charge on any atom is -0.351 e. The fraction of sp³-hybridized carbons (Fsp3) is 0.471. The lowest BCUT2D eigenvalue weighted by atomic mass is 9.84. The zero-order valence-electron chi connectivity index (χ0n) is 13.4. The molecule has 1 heterocycles. The second-order valence-corrected chi connectivity index (χ2v) is 7.21. The number of carbonyl (C=O) groups excluding carboxylic acids is 1. The largest absolute Gasteiger partial charge is 0.351 e. The van der Waals surface area contributed by atoms with Crippen LogP contribution in [0.2, 0.25) is 0 Å². The van der Waals surface area contributed by atoms with Crippen molar-refractivity contribution in [3.63, 3.8) is 0 Å². The first kappa shape index (κ1) is 17.1. The van der Waals surface area contributed by atoms with E-state index in [1.165, 1.54) is 10.9 Å². The molecule has 3 rings (SSSR count). The second-order valence-electron chi connectivity index (χ2n) is 6.29. The lowest BCUT2D eigenvalue weighted by Gasteiger charge is -2.31. The van der Waals surface area contributed by atoms with Gasteiger partial charge in [-0.25, -0.2) is 4.98 Å². The number of nitrogens with one attached hydrogen (secondary N) is 1. The Morgan fingerprint density at radius 3 is 2.96 bits per heavy atom. The highest BCUT2D eigenvalue weighted by molar-refractivity contribution is 9.10. The molecule has 0 aliphatic heterocycles. The summed E-state index contributed by atoms with van der Waals surface area (Å²) in [7, 11) is 0. The number of hydrogen-bond donors (Lipinski definition) is 2. The molecule has 0 bridgehead atoms. The van der Waals surface area contributed by atoms with Gasteiger partial charge in [-0.05, 0) is 43.5 Å². The fourth-order valence-electron chi connectivity index (χ4n) is 3.33. The normalized spacial score (nSPS) is 20.9. The van der Waals surface area contributed by atoms with Crippen molar-refractivity contribution in [3.05, 3.63) is 39.4 Å². The summed E-state index contributed by atoms with van der Waals surface area (Å²) in [4.78, 5) is 29.1. The van der Waals surface area contributed by atoms with Crippen molar-refractivity contribution in [1.29, 1.82) is 0 Å². The van der Waals surface area contributed by atoms with Crippen LogP contribution in [0.15, 0.2) is 33.8 Å². The number of amides is 1. The highest BCUT2D eigenvalue weighted by Crippen LogP contribution is 2.23. The Labute approximate surface area is 148 Å². The molecule has 1 aromatic carbocycles. The SMILES string of the molecule is NCC1CCCCC1NC(=O)Cn1cnc2ccc(Br)cc2c1=O. The predicted molar refractivity (Wildman–Crippen MR) is 96.6 cm³/mol. The van der Waals surface area contributed by atoms with E-state index in [2.05, 4.69) is 26.2 Å². The van der Waals surface area contributed by atoms with Crippen molar-refractivity contribution in [1.82, 2.24) is 14.9 Å². The third-order valence-corrected chi connectivity index (χ3v) is 5.15. The van der Waals surface area contributed by atoms with Gasteiger partial charge >= 0.3 is 0 Å². The molecule has 1 aliphatic rings. The Morgan fingerprint density at radius 1 is 1.38 bits per heavy atom. The minimum absolute atomic E-state index is 0.0257. The number of fused-ring (bicyclic) bond motifs is 1. The summed E-state index contributed by atoms with van der Waals surface area (Å²) in [5.41, 5.74) is 6.21. The number of nitrogens with two attached hydrogens (primary N) is 1. The van der Waals surface area contributed by atoms with E-state index >= 15 is 0 Å². The molecule has 2 unspecified atom stereocenters. The van der Waals surface area contributed by atoms with Crippen LogP contribution < -0.4 is 16.6 Å². The third kappa shape index (κ3) is 3.67. The molecule has 1 amide bonds. The van der Waals surface area contributed by atoms with Gasteiger partial charge < -0.3 is 11.1 Å². The molecule has 1 saturated carbocycles. The average molecular weight is 393 g/mol. The van der Waals surface area contributed by atoms with Gasteiger partial charge in [0.15, 0.2) is 0 Å². The molecule has 1 fully saturated rings. The predicted octanol–water partition coefficient (Wildman–Crippen LogP) is 1.79. The van der Waals surface area contributed by atoms with Gasteiger partial charge in [-0.3, -0.25) is 14.2 Å². The van der Waals surface area contributed by atoms with Crippen molar-refractivity contribution in [2.45, 2.75) is 38.3 Å². The first-order chi connectivity index (χ1) is 11.6. The summed E-state index contributed by atoms with van der Waals surface area (Å²) < 4.78 is 2.16. The number of hydrogen-bond acceptors (Lipinski definition) is 4. The van der Waals surface area contributed by atoms with Crippen LogP contribution in [0, 0.1) is 5.92 Å². The average Bonchev–Trinajstić information content (AvgIpc) is 2.58. The van der Waals surface area contributed by atoms with Crippen LogP contribution in [0.3, 0.4) is 0 Å². The fourth-order valence-corrected chi connectivity index (χ4v) is 3.69. The van der Waals surface area contributed by atoms with E-state index in [1.54, 1.807) is 12.1 Å². The van der Waals surface area contributed by atoms with Crippen molar-refractivity contribution in [2.75, 3.05) is 6.54 Å². The van der Waals surface area contributed by atoms with Crippen LogP contribution in [0.25, 0.3) is 10.9 Å². The van der Waals surface area contributed by atoms with Gasteiger partial charge in [0, 0.05) is 10.5 Å². The summed E-state index contributed by atoms with van der Waals surface area (Å²) in [6.45, 7) is 0.554. The Balaban J connectivity index is 1.75. The van der Waals surface area contributed by atoms with Crippen LogP contribution in [-0.4, -0.2) is 28.0 Å². The molecule has 7 heteroatoms. The van der Waals surface area contributed by atoms with E-state index in [1.807, 2.05) is 6.07 Å². The van der Waals surface area contributed by atoms with Crippen molar-refractivity contribution in [2.24, 2.45) is 11.7 Å². The molecule has 1 aliphatic carbocycles. The lowest BCUT2D eigenvalue weighted by molar-refractivity contribution is -0.123. The number of nitrogens with zero attached hydrogens (tertiary/aromatic N) is 2. The number of carbonyl (C=O) groups is 1. The van der Waals surface area contributed by atoms with E-state index in [4.69, 9.17) is 5.73 Å². The maximum atomic E-state index is 12.5. The highest BCUT2D eigenvalue weighted by atomic mass is 79.9. The molecular weight excluding hydrogens is 372 g/mol. The zero-order valence-corrected chi connectivity index (χ0v) is 15.0. The lowest BCUT2D eigenvalue weighted by Crippen LogP contribution is -2.46. The maximum absolute atomic E-state index is 12.5. The van der Waals surface area contributed by atoms with Gasteiger partial charge in [-0.1, -0.05) is 28.8 Å². The Bertz CT molecular complexity index is 805. The molecule has 24 heavy (non-hydrogen) atoms. The van der Waals surface area contributed by atoms with Crippen molar-refractivity contribution < 1.29 is 4.79 Å². The Hall–Kier alpha value is -1.73. The summed E-state index contributed by atoms with van der Waals surface area (Å²) in [6, 6.07) is 5.44. The van der Waals surface area contributed by atoms with E-state index in [0.717, 1.165) is 30.2 Å². The molecular formula is C17H21BrN4O2. The monoisotopic (exact) mass is 392 g/mol. The molecule has 2 atom stereocenters. The van der Waals surface area contributed by atoms with E-state index in [-0.39, 0.29) is 24.1 Å².